The predicted molar refractivity (Wildman–Crippen MR) is 30.8 cm³/mol. The molecular formula is C6H4F3NO. The lowest BCUT2D eigenvalue weighted by Crippen LogP contribution is -2.02. The summed E-state index contributed by atoms with van der Waals surface area (Å²) in [5.74, 6) is -1.07. The lowest BCUT2D eigenvalue weighted by Gasteiger charge is -2.01. The topological polar surface area (TPSA) is 22.1 Å². The van der Waals surface area contributed by atoms with Gasteiger partial charge in [0.25, 0.3) is 0 Å². The molecule has 1 rings (SSSR count). The van der Waals surface area contributed by atoms with Crippen molar-refractivity contribution in [3.63, 3.8) is 0 Å². The second-order valence-corrected chi connectivity index (χ2v) is 1.69. The van der Waals surface area contributed by atoms with E-state index in [1.165, 1.54) is 0 Å². The van der Waals surface area contributed by atoms with Gasteiger partial charge in [-0.1, -0.05) is 0 Å². The zero-order chi connectivity index (χ0) is 8.27. The molecule has 1 heterocycles. The second kappa shape index (κ2) is 3.23. The summed E-state index contributed by atoms with van der Waals surface area (Å²) in [4.78, 5) is 3.16. The van der Waals surface area contributed by atoms with E-state index in [1.54, 1.807) is 0 Å². The fourth-order valence-corrected chi connectivity index (χ4v) is 0.561. The second-order valence-electron chi connectivity index (χ2n) is 1.69. The van der Waals surface area contributed by atoms with Crippen molar-refractivity contribution in [2.45, 2.75) is 6.61 Å². The van der Waals surface area contributed by atoms with Gasteiger partial charge in [0.15, 0.2) is 0 Å². The van der Waals surface area contributed by atoms with Crippen molar-refractivity contribution in [3.05, 3.63) is 24.3 Å². The summed E-state index contributed by atoms with van der Waals surface area (Å²) in [6.07, 6.45) is 1.05. The molecule has 0 radical (unpaired) electrons. The molecule has 0 bridgehead atoms. The van der Waals surface area contributed by atoms with Crippen LogP contribution in [-0.4, -0.2) is 11.6 Å². The van der Waals surface area contributed by atoms with E-state index in [2.05, 4.69) is 9.72 Å². The Balaban J connectivity index is 2.71. The van der Waals surface area contributed by atoms with E-state index in [9.17, 15) is 13.2 Å². The van der Waals surface area contributed by atoms with Gasteiger partial charge >= 0.3 is 6.61 Å². The number of alkyl halides is 2. The fraction of sp³-hybridized carbons (Fsp3) is 0.167. The normalized spacial score (nSPS) is 10.2. The van der Waals surface area contributed by atoms with Crippen LogP contribution in [0.25, 0.3) is 0 Å². The van der Waals surface area contributed by atoms with Crippen LogP contribution < -0.4 is 4.74 Å². The molecule has 0 fully saturated rings. The predicted octanol–water partition coefficient (Wildman–Crippen LogP) is 1.82. The molecule has 1 aromatic rings. The summed E-state index contributed by atoms with van der Waals surface area (Å²) < 4.78 is 39.0. The van der Waals surface area contributed by atoms with E-state index in [4.69, 9.17) is 0 Å². The van der Waals surface area contributed by atoms with Crippen LogP contribution >= 0.6 is 0 Å². The van der Waals surface area contributed by atoms with Gasteiger partial charge in [-0.05, 0) is 6.07 Å². The number of ether oxygens (including phenoxy) is 1. The third kappa shape index (κ3) is 2.45. The molecule has 0 aliphatic rings. The van der Waals surface area contributed by atoms with E-state index in [1.807, 2.05) is 0 Å². The molecule has 11 heavy (non-hydrogen) atoms. The summed E-state index contributed by atoms with van der Waals surface area (Å²) in [6, 6.07) is 1.93. The van der Waals surface area contributed by atoms with E-state index in [-0.39, 0.29) is 5.75 Å². The minimum atomic E-state index is -2.93. The maximum absolute atomic E-state index is 12.2. The van der Waals surface area contributed by atoms with Crippen LogP contribution in [0.5, 0.6) is 5.75 Å². The van der Waals surface area contributed by atoms with Crippen LogP contribution in [0.3, 0.4) is 0 Å². The third-order valence-electron chi connectivity index (χ3n) is 0.923. The molecule has 0 aliphatic heterocycles. The number of aromatic nitrogens is 1. The quantitative estimate of drug-likeness (QED) is 0.620. The van der Waals surface area contributed by atoms with Gasteiger partial charge in [-0.15, -0.1) is 0 Å². The van der Waals surface area contributed by atoms with Crippen LogP contribution in [0.4, 0.5) is 13.2 Å². The summed E-state index contributed by atoms with van der Waals surface area (Å²) in [5, 5.41) is 0. The average Bonchev–Trinajstić information content (AvgIpc) is 1.85. The first-order valence-corrected chi connectivity index (χ1v) is 2.75. The van der Waals surface area contributed by atoms with E-state index in [0.717, 1.165) is 18.3 Å². The Morgan fingerprint density at radius 1 is 1.45 bits per heavy atom. The molecule has 0 saturated carbocycles. The number of hydrogen-bond donors (Lipinski definition) is 0. The molecule has 0 amide bonds. The fourth-order valence-electron chi connectivity index (χ4n) is 0.561. The highest BCUT2D eigenvalue weighted by Gasteiger charge is 2.04. The van der Waals surface area contributed by atoms with Crippen LogP contribution in [0.1, 0.15) is 0 Å². The first-order chi connectivity index (χ1) is 5.18. The van der Waals surface area contributed by atoms with Crippen molar-refractivity contribution in [1.29, 1.82) is 0 Å². The smallest absolute Gasteiger partial charge is 0.387 e. The van der Waals surface area contributed by atoms with Crippen LogP contribution in [0, 0.1) is 5.95 Å². The minimum absolute atomic E-state index is 0.229. The number of halogens is 3. The Morgan fingerprint density at radius 3 is 2.73 bits per heavy atom. The summed E-state index contributed by atoms with van der Waals surface area (Å²) >= 11 is 0. The zero-order valence-electron chi connectivity index (χ0n) is 5.30. The summed E-state index contributed by atoms with van der Waals surface area (Å²) in [7, 11) is 0. The van der Waals surface area contributed by atoms with Crippen molar-refractivity contribution < 1.29 is 17.9 Å². The maximum Gasteiger partial charge on any atom is 0.387 e. The molecule has 0 unspecified atom stereocenters. The van der Waals surface area contributed by atoms with Crippen molar-refractivity contribution in [2.24, 2.45) is 0 Å². The van der Waals surface area contributed by atoms with Gasteiger partial charge in [-0.2, -0.15) is 13.2 Å². The molecule has 1 aromatic heterocycles. The maximum atomic E-state index is 12.2. The molecule has 0 aromatic carbocycles. The first-order valence-electron chi connectivity index (χ1n) is 2.75. The Hall–Kier alpha value is -1.26. The van der Waals surface area contributed by atoms with Crippen LogP contribution in [-0.2, 0) is 0 Å². The Kier molecular flexibility index (Phi) is 2.30. The number of rotatable bonds is 2. The van der Waals surface area contributed by atoms with Gasteiger partial charge < -0.3 is 4.74 Å². The molecule has 0 spiro atoms. The average molecular weight is 163 g/mol. The van der Waals surface area contributed by atoms with Gasteiger partial charge in [-0.25, -0.2) is 4.98 Å². The number of hydrogen-bond acceptors (Lipinski definition) is 2. The van der Waals surface area contributed by atoms with Gasteiger partial charge in [0.1, 0.15) is 5.75 Å². The van der Waals surface area contributed by atoms with Gasteiger partial charge in [0.2, 0.25) is 5.95 Å². The van der Waals surface area contributed by atoms with Crippen LogP contribution in [0.15, 0.2) is 18.3 Å². The third-order valence-corrected chi connectivity index (χ3v) is 0.923. The van der Waals surface area contributed by atoms with Gasteiger partial charge in [-0.3, -0.25) is 0 Å². The zero-order valence-corrected chi connectivity index (χ0v) is 5.30. The molecule has 2 nitrogen and oxygen atoms in total. The summed E-state index contributed by atoms with van der Waals surface area (Å²) in [5.41, 5.74) is 0. The number of nitrogens with zero attached hydrogens (tertiary/aromatic N) is 1. The molecule has 0 N–H and O–H groups in total. The summed E-state index contributed by atoms with van der Waals surface area (Å²) in [6.45, 7) is -2.93. The lowest BCUT2D eigenvalue weighted by molar-refractivity contribution is -0.0500. The standard InChI is InChI=1S/C6H4F3NO/c7-5-3-4(1-2-10-5)11-6(8)9/h1-3,6H. The SMILES string of the molecule is Fc1cc(OC(F)F)ccn1. The van der Waals surface area contributed by atoms with E-state index >= 15 is 0 Å². The highest BCUT2D eigenvalue weighted by Crippen LogP contribution is 2.12. The largest absolute Gasteiger partial charge is 0.435 e. The molecular weight excluding hydrogens is 159 g/mol. The Bertz CT molecular complexity index is 241. The highest BCUT2D eigenvalue weighted by atomic mass is 19.3. The highest BCUT2D eigenvalue weighted by molar-refractivity contribution is 5.17. The monoisotopic (exact) mass is 163 g/mol. The van der Waals surface area contributed by atoms with Crippen molar-refractivity contribution in [1.82, 2.24) is 4.98 Å². The molecule has 0 aliphatic carbocycles. The molecule has 5 heteroatoms. The van der Waals surface area contributed by atoms with Gasteiger partial charge in [0, 0.05) is 12.3 Å². The van der Waals surface area contributed by atoms with Crippen molar-refractivity contribution in [3.8, 4) is 5.75 Å². The van der Waals surface area contributed by atoms with Gasteiger partial charge in [0.05, 0.1) is 0 Å². The van der Waals surface area contributed by atoms with Crippen molar-refractivity contribution in [2.75, 3.05) is 0 Å². The first kappa shape index (κ1) is 7.84. The molecule has 60 valence electrons. The molecule has 0 saturated heterocycles. The molecule has 0 atom stereocenters. The van der Waals surface area contributed by atoms with E-state index in [0.29, 0.717) is 0 Å². The Morgan fingerprint density at radius 2 is 2.18 bits per heavy atom. The lowest BCUT2D eigenvalue weighted by atomic mass is 10.4. The minimum Gasteiger partial charge on any atom is -0.435 e. The van der Waals surface area contributed by atoms with E-state index < -0.39 is 12.6 Å². The number of pyridine rings is 1. The Labute approximate surface area is 60.6 Å². The van der Waals surface area contributed by atoms with Crippen molar-refractivity contribution >= 4 is 0 Å². The van der Waals surface area contributed by atoms with Crippen LogP contribution in [0.2, 0.25) is 0 Å².